The SMILES string of the molecule is CC1CN=C(NCC2(c3ccccc3Cl)CCOCC2)N1. The van der Waals surface area contributed by atoms with Crippen LogP contribution in [-0.4, -0.2) is 38.3 Å². The molecule has 21 heavy (non-hydrogen) atoms. The fourth-order valence-corrected chi connectivity index (χ4v) is 3.44. The van der Waals surface area contributed by atoms with Crippen molar-refractivity contribution in [1.29, 1.82) is 0 Å². The number of ether oxygens (including phenoxy) is 1. The van der Waals surface area contributed by atoms with E-state index in [1.165, 1.54) is 5.56 Å². The highest BCUT2D eigenvalue weighted by Gasteiger charge is 2.36. The number of aliphatic imine (C=N–C) groups is 1. The molecule has 5 heteroatoms. The second-order valence-corrected chi connectivity index (χ2v) is 6.37. The van der Waals surface area contributed by atoms with E-state index >= 15 is 0 Å². The van der Waals surface area contributed by atoms with Gasteiger partial charge in [0.25, 0.3) is 0 Å². The van der Waals surface area contributed by atoms with Crippen LogP contribution >= 0.6 is 11.6 Å². The summed E-state index contributed by atoms with van der Waals surface area (Å²) in [7, 11) is 0. The van der Waals surface area contributed by atoms with Crippen molar-refractivity contribution in [3.05, 3.63) is 34.9 Å². The van der Waals surface area contributed by atoms with Gasteiger partial charge in [0.05, 0.1) is 6.54 Å². The summed E-state index contributed by atoms with van der Waals surface area (Å²) in [6.07, 6.45) is 1.96. The smallest absolute Gasteiger partial charge is 0.191 e. The van der Waals surface area contributed by atoms with Crippen molar-refractivity contribution < 1.29 is 4.74 Å². The molecule has 3 rings (SSSR count). The van der Waals surface area contributed by atoms with E-state index in [2.05, 4.69) is 34.7 Å². The lowest BCUT2D eigenvalue weighted by atomic mass is 9.74. The Bertz CT molecular complexity index is 526. The van der Waals surface area contributed by atoms with E-state index in [0.29, 0.717) is 6.04 Å². The number of hydrogen-bond donors (Lipinski definition) is 2. The highest BCUT2D eigenvalue weighted by molar-refractivity contribution is 6.31. The van der Waals surface area contributed by atoms with Crippen LogP contribution in [-0.2, 0) is 10.2 Å². The molecule has 4 nitrogen and oxygen atoms in total. The van der Waals surface area contributed by atoms with Crippen LogP contribution < -0.4 is 10.6 Å². The summed E-state index contributed by atoms with van der Waals surface area (Å²) in [6.45, 7) is 5.37. The summed E-state index contributed by atoms with van der Waals surface area (Å²) in [6, 6.07) is 8.57. The first-order chi connectivity index (χ1) is 10.2. The van der Waals surface area contributed by atoms with Crippen LogP contribution in [0.1, 0.15) is 25.3 Å². The van der Waals surface area contributed by atoms with Crippen molar-refractivity contribution >= 4 is 17.6 Å². The van der Waals surface area contributed by atoms with Crippen molar-refractivity contribution in [2.24, 2.45) is 4.99 Å². The Morgan fingerprint density at radius 1 is 1.38 bits per heavy atom. The van der Waals surface area contributed by atoms with Gasteiger partial charge in [0.15, 0.2) is 5.96 Å². The third-order valence-corrected chi connectivity index (χ3v) is 4.73. The Labute approximate surface area is 130 Å². The van der Waals surface area contributed by atoms with Gasteiger partial charge >= 0.3 is 0 Å². The molecule has 2 N–H and O–H groups in total. The molecule has 0 saturated carbocycles. The van der Waals surface area contributed by atoms with E-state index in [9.17, 15) is 0 Å². The van der Waals surface area contributed by atoms with Gasteiger partial charge in [0.1, 0.15) is 0 Å². The second kappa shape index (κ2) is 6.24. The molecule has 1 aromatic rings. The predicted octanol–water partition coefficient (Wildman–Crippen LogP) is 2.33. The van der Waals surface area contributed by atoms with E-state index in [1.54, 1.807) is 0 Å². The second-order valence-electron chi connectivity index (χ2n) is 5.96. The monoisotopic (exact) mass is 307 g/mol. The van der Waals surface area contributed by atoms with E-state index in [4.69, 9.17) is 16.3 Å². The zero-order valence-corrected chi connectivity index (χ0v) is 13.1. The first kappa shape index (κ1) is 14.7. The predicted molar refractivity (Wildman–Crippen MR) is 86.1 cm³/mol. The number of halogens is 1. The van der Waals surface area contributed by atoms with Gasteiger partial charge in [-0.15, -0.1) is 0 Å². The Morgan fingerprint density at radius 3 is 2.81 bits per heavy atom. The Morgan fingerprint density at radius 2 is 2.14 bits per heavy atom. The molecular weight excluding hydrogens is 286 g/mol. The summed E-state index contributed by atoms with van der Waals surface area (Å²) < 4.78 is 5.56. The third-order valence-electron chi connectivity index (χ3n) is 4.40. The van der Waals surface area contributed by atoms with E-state index < -0.39 is 0 Å². The van der Waals surface area contributed by atoms with E-state index in [1.807, 2.05) is 12.1 Å². The van der Waals surface area contributed by atoms with Crippen LogP contribution in [0, 0.1) is 0 Å². The molecule has 2 heterocycles. The third kappa shape index (κ3) is 3.16. The van der Waals surface area contributed by atoms with Crippen molar-refractivity contribution in [2.75, 3.05) is 26.3 Å². The van der Waals surface area contributed by atoms with Crippen LogP contribution in [0.2, 0.25) is 5.02 Å². The molecule has 1 unspecified atom stereocenters. The fraction of sp³-hybridized carbons (Fsp3) is 0.562. The highest BCUT2D eigenvalue weighted by atomic mass is 35.5. The van der Waals surface area contributed by atoms with Crippen LogP contribution in [0.4, 0.5) is 0 Å². The van der Waals surface area contributed by atoms with Crippen LogP contribution in [0.5, 0.6) is 0 Å². The van der Waals surface area contributed by atoms with Crippen LogP contribution in [0.15, 0.2) is 29.3 Å². The number of rotatable bonds is 3. The van der Waals surface area contributed by atoms with Crippen molar-refractivity contribution in [3.8, 4) is 0 Å². The van der Waals surface area contributed by atoms with Gasteiger partial charge in [-0.2, -0.15) is 0 Å². The molecule has 0 spiro atoms. The average Bonchev–Trinajstić information content (AvgIpc) is 2.92. The molecule has 1 fully saturated rings. The molecule has 1 atom stereocenters. The molecule has 0 bridgehead atoms. The summed E-state index contributed by atoms with van der Waals surface area (Å²) in [5.41, 5.74) is 1.24. The number of benzene rings is 1. The summed E-state index contributed by atoms with van der Waals surface area (Å²) in [5, 5.41) is 7.67. The lowest BCUT2D eigenvalue weighted by Gasteiger charge is -2.38. The van der Waals surface area contributed by atoms with Gasteiger partial charge in [0, 0.05) is 36.2 Å². The molecule has 0 radical (unpaired) electrons. The maximum absolute atomic E-state index is 6.45. The summed E-state index contributed by atoms with van der Waals surface area (Å²) in [4.78, 5) is 4.48. The largest absolute Gasteiger partial charge is 0.381 e. The fourth-order valence-electron chi connectivity index (χ4n) is 3.11. The Balaban J connectivity index is 1.79. The maximum Gasteiger partial charge on any atom is 0.191 e. The van der Waals surface area contributed by atoms with Gasteiger partial charge in [-0.3, -0.25) is 4.99 Å². The van der Waals surface area contributed by atoms with Gasteiger partial charge in [0.2, 0.25) is 0 Å². The summed E-state index contributed by atoms with van der Waals surface area (Å²) in [5.74, 6) is 0.903. The molecular formula is C16H22ClN3O. The lowest BCUT2D eigenvalue weighted by Crippen LogP contribution is -2.48. The Hall–Kier alpha value is -1.26. The normalized spacial score (nSPS) is 24.3. The number of hydrogen-bond acceptors (Lipinski definition) is 4. The molecule has 0 aliphatic carbocycles. The topological polar surface area (TPSA) is 45.7 Å². The first-order valence-electron chi connectivity index (χ1n) is 7.57. The maximum atomic E-state index is 6.45. The minimum atomic E-state index is 0.0205. The molecule has 0 amide bonds. The van der Waals surface area contributed by atoms with Crippen molar-refractivity contribution in [3.63, 3.8) is 0 Å². The molecule has 1 saturated heterocycles. The molecule has 1 aromatic carbocycles. The zero-order valence-electron chi connectivity index (χ0n) is 12.4. The van der Waals surface area contributed by atoms with Gasteiger partial charge in [-0.25, -0.2) is 0 Å². The average molecular weight is 308 g/mol. The van der Waals surface area contributed by atoms with Gasteiger partial charge in [-0.1, -0.05) is 29.8 Å². The molecule has 2 aliphatic heterocycles. The van der Waals surface area contributed by atoms with Crippen molar-refractivity contribution in [2.45, 2.75) is 31.2 Å². The lowest BCUT2D eigenvalue weighted by molar-refractivity contribution is 0.0514. The minimum absolute atomic E-state index is 0.0205. The van der Waals surface area contributed by atoms with E-state index in [-0.39, 0.29) is 5.41 Å². The van der Waals surface area contributed by atoms with Crippen LogP contribution in [0.25, 0.3) is 0 Å². The number of guanidine groups is 1. The zero-order chi connectivity index (χ0) is 14.7. The van der Waals surface area contributed by atoms with Crippen molar-refractivity contribution in [1.82, 2.24) is 10.6 Å². The number of nitrogens with one attached hydrogen (secondary N) is 2. The highest BCUT2D eigenvalue weighted by Crippen LogP contribution is 2.38. The summed E-state index contributed by atoms with van der Waals surface area (Å²) >= 11 is 6.45. The molecule has 2 aliphatic rings. The molecule has 0 aromatic heterocycles. The van der Waals surface area contributed by atoms with Gasteiger partial charge in [-0.05, 0) is 31.4 Å². The quantitative estimate of drug-likeness (QED) is 0.901. The molecule has 114 valence electrons. The minimum Gasteiger partial charge on any atom is -0.381 e. The van der Waals surface area contributed by atoms with E-state index in [0.717, 1.165) is 50.1 Å². The first-order valence-corrected chi connectivity index (χ1v) is 7.95. The van der Waals surface area contributed by atoms with Gasteiger partial charge < -0.3 is 15.4 Å². The Kier molecular flexibility index (Phi) is 4.36. The standard InChI is InChI=1S/C16H22ClN3O/c1-12-10-18-15(20-12)19-11-16(6-8-21-9-7-16)13-4-2-3-5-14(13)17/h2-5,12H,6-11H2,1H3,(H2,18,19,20). The number of nitrogens with zero attached hydrogens (tertiary/aromatic N) is 1. The van der Waals surface area contributed by atoms with Crippen LogP contribution in [0.3, 0.4) is 0 Å².